The van der Waals surface area contributed by atoms with Crippen molar-refractivity contribution in [1.82, 2.24) is 4.98 Å². The second-order valence-electron chi connectivity index (χ2n) is 4.57. The molecule has 1 aromatic carbocycles. The summed E-state index contributed by atoms with van der Waals surface area (Å²) >= 11 is 0. The molecule has 2 atom stereocenters. The van der Waals surface area contributed by atoms with Crippen LogP contribution in [0, 0.1) is 5.92 Å². The van der Waals surface area contributed by atoms with Gasteiger partial charge in [-0.05, 0) is 36.6 Å². The van der Waals surface area contributed by atoms with Crippen molar-refractivity contribution in [3.05, 3.63) is 30.5 Å². The van der Waals surface area contributed by atoms with Gasteiger partial charge < -0.3 is 11.1 Å². The van der Waals surface area contributed by atoms with E-state index >= 15 is 0 Å². The normalized spacial score (nSPS) is 23.3. The molecule has 82 valence electrons. The van der Waals surface area contributed by atoms with Gasteiger partial charge in [0.25, 0.3) is 0 Å². The van der Waals surface area contributed by atoms with Gasteiger partial charge in [-0.25, -0.2) is 0 Å². The Morgan fingerprint density at radius 1 is 1.38 bits per heavy atom. The zero-order valence-corrected chi connectivity index (χ0v) is 9.27. The molecule has 3 heteroatoms. The third kappa shape index (κ3) is 1.48. The molecule has 0 bridgehead atoms. The van der Waals surface area contributed by atoms with Gasteiger partial charge in [-0.3, -0.25) is 4.98 Å². The summed E-state index contributed by atoms with van der Waals surface area (Å²) in [5.41, 5.74) is 8.68. The molecule has 0 amide bonds. The van der Waals surface area contributed by atoms with Gasteiger partial charge in [-0.1, -0.05) is 6.92 Å². The van der Waals surface area contributed by atoms with Gasteiger partial charge in [0.1, 0.15) is 0 Å². The van der Waals surface area contributed by atoms with Gasteiger partial charge in [0.15, 0.2) is 0 Å². The van der Waals surface area contributed by atoms with E-state index in [1.54, 1.807) is 6.20 Å². The van der Waals surface area contributed by atoms with Gasteiger partial charge in [0.05, 0.1) is 11.2 Å². The van der Waals surface area contributed by atoms with Gasteiger partial charge >= 0.3 is 0 Å². The summed E-state index contributed by atoms with van der Waals surface area (Å²) in [7, 11) is 0. The molecule has 2 aromatic rings. The van der Waals surface area contributed by atoms with Crippen molar-refractivity contribution in [2.45, 2.75) is 19.4 Å². The summed E-state index contributed by atoms with van der Waals surface area (Å²) < 4.78 is 0. The Morgan fingerprint density at radius 3 is 2.94 bits per heavy atom. The van der Waals surface area contributed by atoms with E-state index in [1.807, 2.05) is 18.2 Å². The van der Waals surface area contributed by atoms with Crippen molar-refractivity contribution in [3.63, 3.8) is 0 Å². The number of benzene rings is 1. The first-order valence-electron chi connectivity index (χ1n) is 5.65. The Kier molecular flexibility index (Phi) is 1.99. The van der Waals surface area contributed by atoms with E-state index in [0.29, 0.717) is 6.04 Å². The smallest absolute Gasteiger partial charge is 0.0951 e. The molecule has 0 aliphatic heterocycles. The quantitative estimate of drug-likeness (QED) is 0.754. The van der Waals surface area contributed by atoms with Crippen LogP contribution in [-0.2, 0) is 0 Å². The van der Waals surface area contributed by atoms with Crippen molar-refractivity contribution in [2.75, 3.05) is 11.1 Å². The number of nitrogens with zero attached hydrogens (tertiary/aromatic N) is 1. The van der Waals surface area contributed by atoms with Gasteiger partial charge in [0.2, 0.25) is 0 Å². The SMILES string of the molecule is CC1CC1Nc1ccc(N)c2ncccc12. The predicted octanol–water partition coefficient (Wildman–Crippen LogP) is 2.64. The number of hydrogen-bond donors (Lipinski definition) is 2. The van der Waals surface area contributed by atoms with E-state index in [0.717, 1.165) is 28.2 Å². The monoisotopic (exact) mass is 213 g/mol. The lowest BCUT2D eigenvalue weighted by atomic mass is 10.1. The highest BCUT2D eigenvalue weighted by atomic mass is 15.0. The number of nitrogens with one attached hydrogen (secondary N) is 1. The summed E-state index contributed by atoms with van der Waals surface area (Å²) in [5, 5.41) is 4.65. The third-order valence-corrected chi connectivity index (χ3v) is 3.25. The van der Waals surface area contributed by atoms with Gasteiger partial charge in [0, 0.05) is 23.3 Å². The van der Waals surface area contributed by atoms with Crippen molar-refractivity contribution in [2.24, 2.45) is 5.92 Å². The minimum atomic E-state index is 0.618. The molecule has 0 radical (unpaired) electrons. The molecule has 2 unspecified atom stereocenters. The van der Waals surface area contributed by atoms with Crippen molar-refractivity contribution in [3.8, 4) is 0 Å². The molecule has 1 aliphatic carbocycles. The number of aromatic nitrogens is 1. The molecule has 3 rings (SSSR count). The lowest BCUT2D eigenvalue weighted by Gasteiger charge is -2.10. The first kappa shape index (κ1) is 9.46. The maximum Gasteiger partial charge on any atom is 0.0951 e. The molecule has 3 nitrogen and oxygen atoms in total. The standard InChI is InChI=1S/C13H15N3/c1-8-7-12(8)16-11-5-4-10(14)13-9(11)3-2-6-15-13/h2-6,8,12,16H,7,14H2,1H3. The molecule has 1 fully saturated rings. The van der Waals surface area contributed by atoms with Crippen LogP contribution in [0.2, 0.25) is 0 Å². The van der Waals surface area contributed by atoms with Gasteiger partial charge in [-0.15, -0.1) is 0 Å². The Balaban J connectivity index is 2.07. The second-order valence-corrected chi connectivity index (χ2v) is 4.57. The Bertz CT molecular complexity index is 536. The Labute approximate surface area is 94.7 Å². The maximum absolute atomic E-state index is 5.91. The summed E-state index contributed by atoms with van der Waals surface area (Å²) in [6.45, 7) is 2.26. The van der Waals surface area contributed by atoms with Crippen LogP contribution in [0.25, 0.3) is 10.9 Å². The fourth-order valence-electron chi connectivity index (χ4n) is 2.04. The van der Waals surface area contributed by atoms with E-state index in [-0.39, 0.29) is 0 Å². The molecule has 0 saturated heterocycles. The van der Waals surface area contributed by atoms with E-state index in [4.69, 9.17) is 5.73 Å². The number of anilines is 2. The molecule has 0 spiro atoms. The van der Waals surface area contributed by atoms with Gasteiger partial charge in [-0.2, -0.15) is 0 Å². The summed E-state index contributed by atoms with van der Waals surface area (Å²) in [4.78, 5) is 4.32. The zero-order valence-electron chi connectivity index (χ0n) is 9.27. The average molecular weight is 213 g/mol. The number of nitrogen functional groups attached to an aromatic ring is 1. The lowest BCUT2D eigenvalue weighted by molar-refractivity contribution is 0.930. The molecule has 1 heterocycles. The molecular weight excluding hydrogens is 198 g/mol. The fourth-order valence-corrected chi connectivity index (χ4v) is 2.04. The number of rotatable bonds is 2. The molecule has 16 heavy (non-hydrogen) atoms. The highest BCUT2D eigenvalue weighted by Gasteiger charge is 2.32. The van der Waals surface area contributed by atoms with Crippen molar-refractivity contribution in [1.29, 1.82) is 0 Å². The molecule has 1 saturated carbocycles. The van der Waals surface area contributed by atoms with Crippen molar-refractivity contribution >= 4 is 22.3 Å². The minimum Gasteiger partial charge on any atom is -0.397 e. The lowest BCUT2D eigenvalue weighted by Crippen LogP contribution is -2.04. The minimum absolute atomic E-state index is 0.618. The second kappa shape index (κ2) is 3.37. The third-order valence-electron chi connectivity index (χ3n) is 3.25. The van der Waals surface area contributed by atoms with Crippen LogP contribution in [0.5, 0.6) is 0 Å². The average Bonchev–Trinajstić information content (AvgIpc) is 2.99. The van der Waals surface area contributed by atoms with Crippen LogP contribution in [0.4, 0.5) is 11.4 Å². The largest absolute Gasteiger partial charge is 0.397 e. The Morgan fingerprint density at radius 2 is 2.19 bits per heavy atom. The highest BCUT2D eigenvalue weighted by Crippen LogP contribution is 2.35. The summed E-state index contributed by atoms with van der Waals surface area (Å²) in [6, 6.07) is 8.60. The highest BCUT2D eigenvalue weighted by molar-refractivity contribution is 5.98. The van der Waals surface area contributed by atoms with Crippen molar-refractivity contribution < 1.29 is 0 Å². The van der Waals surface area contributed by atoms with E-state index in [2.05, 4.69) is 23.3 Å². The van der Waals surface area contributed by atoms with E-state index in [1.165, 1.54) is 6.42 Å². The molecule has 3 N–H and O–H groups in total. The number of hydrogen-bond acceptors (Lipinski definition) is 3. The van der Waals surface area contributed by atoms with Crippen LogP contribution in [-0.4, -0.2) is 11.0 Å². The van der Waals surface area contributed by atoms with E-state index < -0.39 is 0 Å². The summed E-state index contributed by atoms with van der Waals surface area (Å²) in [5.74, 6) is 0.782. The zero-order chi connectivity index (χ0) is 11.1. The summed E-state index contributed by atoms with van der Waals surface area (Å²) in [6.07, 6.45) is 3.04. The van der Waals surface area contributed by atoms with Crippen LogP contribution < -0.4 is 11.1 Å². The first-order valence-corrected chi connectivity index (χ1v) is 5.65. The molecule has 1 aliphatic rings. The van der Waals surface area contributed by atoms with E-state index in [9.17, 15) is 0 Å². The number of nitrogens with two attached hydrogens (primary N) is 1. The maximum atomic E-state index is 5.91. The molecule has 1 aromatic heterocycles. The van der Waals surface area contributed by atoms with Crippen LogP contribution >= 0.6 is 0 Å². The number of pyridine rings is 1. The Hall–Kier alpha value is -1.77. The number of fused-ring (bicyclic) bond motifs is 1. The predicted molar refractivity (Wildman–Crippen MR) is 67.3 cm³/mol. The topological polar surface area (TPSA) is 50.9 Å². The van der Waals surface area contributed by atoms with Crippen LogP contribution in [0.1, 0.15) is 13.3 Å². The van der Waals surface area contributed by atoms with Crippen LogP contribution in [0.3, 0.4) is 0 Å². The molecular formula is C13H15N3. The fraction of sp³-hybridized carbons (Fsp3) is 0.308. The first-order chi connectivity index (χ1) is 7.75. The van der Waals surface area contributed by atoms with Crippen LogP contribution in [0.15, 0.2) is 30.5 Å².